The van der Waals surface area contributed by atoms with Crippen molar-refractivity contribution in [1.82, 2.24) is 0 Å². The molecule has 22 heavy (non-hydrogen) atoms. The summed E-state index contributed by atoms with van der Waals surface area (Å²) in [5.74, 6) is -2.79. The van der Waals surface area contributed by atoms with Gasteiger partial charge in [0.15, 0.2) is 11.5 Å². The Morgan fingerprint density at radius 2 is 1.95 bits per heavy atom. The molecule has 1 aromatic rings. The second kappa shape index (κ2) is 7.41. The number of nitrogens with zero attached hydrogens (tertiary/aromatic N) is 1. The summed E-state index contributed by atoms with van der Waals surface area (Å²) in [6.07, 6.45) is 1.31. The van der Waals surface area contributed by atoms with Gasteiger partial charge in [0.1, 0.15) is 0 Å². The molecule has 1 aromatic carbocycles. The molecule has 0 saturated heterocycles. The fourth-order valence-electron chi connectivity index (χ4n) is 2.27. The SMILES string of the molecule is CCCCC(N=C(N)N)(C(=O)OO)c1ccccc1C(=O)O. The normalized spacial score (nSPS) is 13.0. The first-order valence-electron chi connectivity index (χ1n) is 6.68. The van der Waals surface area contributed by atoms with Gasteiger partial charge in [-0.1, -0.05) is 38.0 Å². The van der Waals surface area contributed by atoms with E-state index >= 15 is 0 Å². The van der Waals surface area contributed by atoms with Crippen LogP contribution in [0.4, 0.5) is 0 Å². The number of aliphatic imine (C=N–C) groups is 1. The highest BCUT2D eigenvalue weighted by molar-refractivity contribution is 5.95. The van der Waals surface area contributed by atoms with E-state index in [-0.39, 0.29) is 17.5 Å². The van der Waals surface area contributed by atoms with E-state index in [0.717, 1.165) is 0 Å². The summed E-state index contributed by atoms with van der Waals surface area (Å²) in [6, 6.07) is 5.81. The second-order valence-electron chi connectivity index (χ2n) is 4.73. The van der Waals surface area contributed by atoms with Crippen molar-refractivity contribution in [2.75, 3.05) is 0 Å². The average molecular weight is 309 g/mol. The van der Waals surface area contributed by atoms with Crippen LogP contribution in [-0.2, 0) is 15.2 Å². The van der Waals surface area contributed by atoms with E-state index in [0.29, 0.717) is 12.8 Å². The maximum atomic E-state index is 12.2. The number of aromatic carboxylic acids is 1. The van der Waals surface area contributed by atoms with Crippen LogP contribution >= 0.6 is 0 Å². The Morgan fingerprint density at radius 3 is 2.45 bits per heavy atom. The third-order valence-electron chi connectivity index (χ3n) is 3.24. The molecule has 120 valence electrons. The zero-order chi connectivity index (χ0) is 16.8. The van der Waals surface area contributed by atoms with E-state index in [2.05, 4.69) is 9.88 Å². The van der Waals surface area contributed by atoms with Gasteiger partial charge in [0.05, 0.1) is 5.56 Å². The summed E-state index contributed by atoms with van der Waals surface area (Å²) in [5.41, 5.74) is 8.90. The molecule has 0 aliphatic heterocycles. The molecule has 1 rings (SSSR count). The predicted octanol–water partition coefficient (Wildman–Crippen LogP) is 1.06. The van der Waals surface area contributed by atoms with Gasteiger partial charge >= 0.3 is 11.9 Å². The topological polar surface area (TPSA) is 148 Å². The molecule has 6 N–H and O–H groups in total. The fourth-order valence-corrected chi connectivity index (χ4v) is 2.27. The van der Waals surface area contributed by atoms with Gasteiger partial charge in [-0.05, 0) is 12.5 Å². The summed E-state index contributed by atoms with van der Waals surface area (Å²) in [4.78, 5) is 31.3. The van der Waals surface area contributed by atoms with Crippen LogP contribution in [0.3, 0.4) is 0 Å². The number of hydrogen-bond acceptors (Lipinski definition) is 5. The van der Waals surface area contributed by atoms with Gasteiger partial charge in [0, 0.05) is 5.56 Å². The lowest BCUT2D eigenvalue weighted by Gasteiger charge is -2.28. The molecule has 1 atom stereocenters. The molecular weight excluding hydrogens is 290 g/mol. The van der Waals surface area contributed by atoms with E-state index in [1.807, 2.05) is 6.92 Å². The smallest absolute Gasteiger partial charge is 0.374 e. The fraction of sp³-hybridized carbons (Fsp3) is 0.357. The van der Waals surface area contributed by atoms with Crippen LogP contribution in [0, 0.1) is 0 Å². The molecule has 0 heterocycles. The Hall–Kier alpha value is -2.61. The largest absolute Gasteiger partial charge is 0.478 e. The summed E-state index contributed by atoms with van der Waals surface area (Å²) in [6.45, 7) is 1.88. The van der Waals surface area contributed by atoms with E-state index in [1.165, 1.54) is 18.2 Å². The van der Waals surface area contributed by atoms with Crippen molar-refractivity contribution in [3.05, 3.63) is 35.4 Å². The number of carbonyl (C=O) groups is 2. The van der Waals surface area contributed by atoms with Crippen molar-refractivity contribution in [2.45, 2.75) is 31.7 Å². The maximum absolute atomic E-state index is 12.2. The number of unbranched alkanes of at least 4 members (excludes halogenated alkanes) is 1. The van der Waals surface area contributed by atoms with Crippen LogP contribution in [0.15, 0.2) is 29.3 Å². The van der Waals surface area contributed by atoms with Crippen LogP contribution in [0.1, 0.15) is 42.1 Å². The van der Waals surface area contributed by atoms with Crippen LogP contribution in [0.25, 0.3) is 0 Å². The van der Waals surface area contributed by atoms with Crippen molar-refractivity contribution in [3.8, 4) is 0 Å². The van der Waals surface area contributed by atoms with Crippen LogP contribution in [0.2, 0.25) is 0 Å². The van der Waals surface area contributed by atoms with Crippen molar-refractivity contribution in [2.24, 2.45) is 16.5 Å². The third-order valence-corrected chi connectivity index (χ3v) is 3.24. The molecular formula is C14H19N3O5. The molecule has 0 aliphatic rings. The van der Waals surface area contributed by atoms with Crippen molar-refractivity contribution < 1.29 is 24.8 Å². The van der Waals surface area contributed by atoms with Crippen molar-refractivity contribution >= 4 is 17.9 Å². The number of carboxylic acid groups (broad SMARTS) is 1. The molecule has 0 radical (unpaired) electrons. The van der Waals surface area contributed by atoms with E-state index in [1.54, 1.807) is 6.07 Å². The lowest BCUT2D eigenvalue weighted by molar-refractivity contribution is -0.241. The Bertz CT molecular complexity index is 584. The van der Waals surface area contributed by atoms with Crippen LogP contribution in [0.5, 0.6) is 0 Å². The monoisotopic (exact) mass is 309 g/mol. The highest BCUT2D eigenvalue weighted by Crippen LogP contribution is 2.35. The molecule has 0 saturated carbocycles. The van der Waals surface area contributed by atoms with Crippen LogP contribution in [-0.4, -0.2) is 28.3 Å². The summed E-state index contributed by atoms with van der Waals surface area (Å²) < 4.78 is 0. The van der Waals surface area contributed by atoms with Gasteiger partial charge in [-0.2, -0.15) is 5.26 Å². The maximum Gasteiger partial charge on any atom is 0.374 e. The molecule has 0 spiro atoms. The molecule has 0 aliphatic carbocycles. The lowest BCUT2D eigenvalue weighted by atomic mass is 9.82. The van der Waals surface area contributed by atoms with Crippen molar-refractivity contribution in [3.63, 3.8) is 0 Å². The summed E-state index contributed by atoms with van der Waals surface area (Å²) in [5, 5.41) is 18.1. The molecule has 0 amide bonds. The Balaban J connectivity index is 3.64. The molecule has 8 nitrogen and oxygen atoms in total. The summed E-state index contributed by atoms with van der Waals surface area (Å²) >= 11 is 0. The number of nitrogens with two attached hydrogens (primary N) is 2. The minimum Gasteiger partial charge on any atom is -0.478 e. The van der Waals surface area contributed by atoms with Gasteiger partial charge < -0.3 is 16.6 Å². The first-order chi connectivity index (χ1) is 10.4. The van der Waals surface area contributed by atoms with E-state index in [9.17, 15) is 14.7 Å². The first kappa shape index (κ1) is 17.4. The van der Waals surface area contributed by atoms with Crippen molar-refractivity contribution in [1.29, 1.82) is 0 Å². The van der Waals surface area contributed by atoms with Gasteiger partial charge in [0.2, 0.25) is 0 Å². The number of benzene rings is 1. The zero-order valence-electron chi connectivity index (χ0n) is 12.2. The number of guanidine groups is 1. The van der Waals surface area contributed by atoms with Crippen LogP contribution < -0.4 is 11.5 Å². The van der Waals surface area contributed by atoms with Gasteiger partial charge in [-0.25, -0.2) is 14.6 Å². The van der Waals surface area contributed by atoms with Gasteiger partial charge in [-0.15, -0.1) is 0 Å². The third kappa shape index (κ3) is 3.53. The molecule has 1 unspecified atom stereocenters. The number of carboxylic acids is 1. The Morgan fingerprint density at radius 1 is 1.32 bits per heavy atom. The molecule has 0 aromatic heterocycles. The lowest BCUT2D eigenvalue weighted by Crippen LogP contribution is -2.40. The molecule has 8 heteroatoms. The predicted molar refractivity (Wildman–Crippen MR) is 79.1 cm³/mol. The van der Waals surface area contributed by atoms with E-state index < -0.39 is 23.4 Å². The summed E-state index contributed by atoms with van der Waals surface area (Å²) in [7, 11) is 0. The molecule has 0 fully saturated rings. The minimum absolute atomic E-state index is 0.0587. The highest BCUT2D eigenvalue weighted by atomic mass is 17.1. The number of rotatable bonds is 7. The highest BCUT2D eigenvalue weighted by Gasteiger charge is 2.44. The zero-order valence-corrected chi connectivity index (χ0v) is 12.2. The first-order valence-corrected chi connectivity index (χ1v) is 6.68. The average Bonchev–Trinajstić information content (AvgIpc) is 2.50. The van der Waals surface area contributed by atoms with Gasteiger partial charge in [0.25, 0.3) is 0 Å². The van der Waals surface area contributed by atoms with Gasteiger partial charge in [-0.3, -0.25) is 4.89 Å². The standard InChI is InChI=1S/C14H19N3O5/c1-2-3-8-14(12(20)22-21,17-13(15)16)10-7-5-4-6-9(10)11(18)19/h4-7,21H,2-3,8H2,1H3,(H,18,19)(H4,15,16,17). The quantitative estimate of drug-likeness (QED) is 0.254. The Labute approximate surface area is 127 Å². The molecule has 0 bridgehead atoms. The number of hydrogen-bond donors (Lipinski definition) is 4. The van der Waals surface area contributed by atoms with E-state index in [4.69, 9.17) is 16.7 Å². The number of carbonyl (C=O) groups excluding carboxylic acids is 1. The Kier molecular flexibility index (Phi) is 5.88. The minimum atomic E-state index is -1.81. The second-order valence-corrected chi connectivity index (χ2v) is 4.73.